The number of hydrogen-bond donors (Lipinski definition) is 1. The van der Waals surface area contributed by atoms with E-state index >= 15 is 0 Å². The standard InChI is InChI=1S/C15H32N2/c1-5-7-11-17(6-2)13-15(3,4)14-9-8-10-16-12-14/h14,16H,5-13H2,1-4H3. The van der Waals surface area contributed by atoms with Crippen molar-refractivity contribution in [2.75, 3.05) is 32.7 Å². The quantitative estimate of drug-likeness (QED) is 0.735. The lowest BCUT2D eigenvalue weighted by molar-refractivity contribution is 0.102. The number of piperidine rings is 1. The highest BCUT2D eigenvalue weighted by atomic mass is 15.1. The summed E-state index contributed by atoms with van der Waals surface area (Å²) in [7, 11) is 0. The molecule has 102 valence electrons. The summed E-state index contributed by atoms with van der Waals surface area (Å²) in [5.41, 5.74) is 0.456. The first kappa shape index (κ1) is 15.0. The molecule has 1 aliphatic heterocycles. The normalized spacial score (nSPS) is 22.1. The maximum Gasteiger partial charge on any atom is 0.00357 e. The minimum atomic E-state index is 0.456. The van der Waals surface area contributed by atoms with E-state index in [1.165, 1.54) is 58.4 Å². The van der Waals surface area contributed by atoms with Gasteiger partial charge in [-0.3, -0.25) is 0 Å². The van der Waals surface area contributed by atoms with Gasteiger partial charge in [0.25, 0.3) is 0 Å². The van der Waals surface area contributed by atoms with Crippen molar-refractivity contribution in [1.29, 1.82) is 0 Å². The highest BCUT2D eigenvalue weighted by Gasteiger charge is 2.31. The third-order valence-electron chi connectivity index (χ3n) is 4.31. The van der Waals surface area contributed by atoms with Crippen molar-refractivity contribution in [2.24, 2.45) is 11.3 Å². The highest BCUT2D eigenvalue weighted by molar-refractivity contribution is 4.85. The van der Waals surface area contributed by atoms with Gasteiger partial charge >= 0.3 is 0 Å². The average Bonchev–Trinajstić information content (AvgIpc) is 2.35. The van der Waals surface area contributed by atoms with Gasteiger partial charge < -0.3 is 10.2 Å². The summed E-state index contributed by atoms with van der Waals surface area (Å²) in [6.45, 7) is 15.7. The molecule has 2 nitrogen and oxygen atoms in total. The van der Waals surface area contributed by atoms with Crippen molar-refractivity contribution in [2.45, 2.75) is 53.4 Å². The Bertz CT molecular complexity index is 195. The Morgan fingerprint density at radius 1 is 1.29 bits per heavy atom. The van der Waals surface area contributed by atoms with Gasteiger partial charge in [0, 0.05) is 6.54 Å². The van der Waals surface area contributed by atoms with Crippen LogP contribution in [-0.4, -0.2) is 37.6 Å². The summed E-state index contributed by atoms with van der Waals surface area (Å²) in [6, 6.07) is 0. The smallest absolute Gasteiger partial charge is 0.00357 e. The number of nitrogens with one attached hydrogen (secondary N) is 1. The lowest BCUT2D eigenvalue weighted by Crippen LogP contribution is -2.45. The van der Waals surface area contributed by atoms with Crippen LogP contribution in [0.2, 0.25) is 0 Å². The lowest BCUT2D eigenvalue weighted by atomic mass is 9.74. The topological polar surface area (TPSA) is 15.3 Å². The summed E-state index contributed by atoms with van der Waals surface area (Å²) < 4.78 is 0. The number of nitrogens with zero attached hydrogens (tertiary/aromatic N) is 1. The first-order valence-electron chi connectivity index (χ1n) is 7.53. The third kappa shape index (κ3) is 4.97. The number of rotatable bonds is 7. The molecule has 0 bridgehead atoms. The second-order valence-corrected chi connectivity index (χ2v) is 6.25. The molecule has 0 aliphatic carbocycles. The summed E-state index contributed by atoms with van der Waals surface area (Å²) in [5, 5.41) is 3.56. The maximum absolute atomic E-state index is 3.56. The van der Waals surface area contributed by atoms with Gasteiger partial charge in [-0.15, -0.1) is 0 Å². The molecule has 0 aromatic carbocycles. The Morgan fingerprint density at radius 3 is 2.59 bits per heavy atom. The lowest BCUT2D eigenvalue weighted by Gasteiger charge is -2.40. The third-order valence-corrected chi connectivity index (χ3v) is 4.31. The second-order valence-electron chi connectivity index (χ2n) is 6.25. The van der Waals surface area contributed by atoms with E-state index in [9.17, 15) is 0 Å². The molecule has 0 spiro atoms. The van der Waals surface area contributed by atoms with E-state index in [0.29, 0.717) is 5.41 Å². The largest absolute Gasteiger partial charge is 0.316 e. The van der Waals surface area contributed by atoms with Crippen molar-refractivity contribution in [1.82, 2.24) is 10.2 Å². The van der Waals surface area contributed by atoms with Crippen LogP contribution in [0.25, 0.3) is 0 Å². The van der Waals surface area contributed by atoms with Gasteiger partial charge in [0.05, 0.1) is 0 Å². The predicted molar refractivity (Wildman–Crippen MR) is 76.4 cm³/mol. The summed E-state index contributed by atoms with van der Waals surface area (Å²) in [5.74, 6) is 0.854. The van der Waals surface area contributed by atoms with Gasteiger partial charge in [-0.2, -0.15) is 0 Å². The first-order valence-corrected chi connectivity index (χ1v) is 7.53. The van der Waals surface area contributed by atoms with Crippen molar-refractivity contribution in [3.8, 4) is 0 Å². The van der Waals surface area contributed by atoms with E-state index < -0.39 is 0 Å². The molecule has 1 saturated heterocycles. The van der Waals surface area contributed by atoms with Crippen LogP contribution in [0.15, 0.2) is 0 Å². The van der Waals surface area contributed by atoms with E-state index in [2.05, 4.69) is 37.9 Å². The van der Waals surface area contributed by atoms with Crippen LogP contribution in [0.3, 0.4) is 0 Å². The zero-order valence-electron chi connectivity index (χ0n) is 12.4. The first-order chi connectivity index (χ1) is 8.10. The molecule has 2 heteroatoms. The predicted octanol–water partition coefficient (Wildman–Crippen LogP) is 3.13. The minimum Gasteiger partial charge on any atom is -0.316 e. The van der Waals surface area contributed by atoms with E-state index in [1.807, 2.05) is 0 Å². The van der Waals surface area contributed by atoms with Gasteiger partial charge in [-0.05, 0) is 56.8 Å². The SMILES string of the molecule is CCCCN(CC)CC(C)(C)C1CCCNC1. The summed E-state index contributed by atoms with van der Waals surface area (Å²) in [4.78, 5) is 2.64. The molecule has 1 N–H and O–H groups in total. The van der Waals surface area contributed by atoms with Crippen molar-refractivity contribution >= 4 is 0 Å². The fourth-order valence-corrected chi connectivity index (χ4v) is 2.95. The van der Waals surface area contributed by atoms with E-state index in [4.69, 9.17) is 0 Å². The van der Waals surface area contributed by atoms with Crippen LogP contribution >= 0.6 is 0 Å². The molecule has 0 aromatic heterocycles. The summed E-state index contributed by atoms with van der Waals surface area (Å²) >= 11 is 0. The molecule has 0 amide bonds. The van der Waals surface area contributed by atoms with Crippen LogP contribution < -0.4 is 5.32 Å². The van der Waals surface area contributed by atoms with Gasteiger partial charge in [-0.1, -0.05) is 34.1 Å². The summed E-state index contributed by atoms with van der Waals surface area (Å²) in [6.07, 6.45) is 5.41. The monoisotopic (exact) mass is 240 g/mol. The van der Waals surface area contributed by atoms with Crippen molar-refractivity contribution < 1.29 is 0 Å². The van der Waals surface area contributed by atoms with Crippen molar-refractivity contribution in [3.05, 3.63) is 0 Å². The van der Waals surface area contributed by atoms with Crippen molar-refractivity contribution in [3.63, 3.8) is 0 Å². The zero-order chi connectivity index (χ0) is 12.7. The van der Waals surface area contributed by atoms with Crippen LogP contribution in [0.5, 0.6) is 0 Å². The molecule has 0 aromatic rings. The molecule has 1 heterocycles. The molecular formula is C15H32N2. The van der Waals surface area contributed by atoms with Gasteiger partial charge in [0.2, 0.25) is 0 Å². The molecular weight excluding hydrogens is 208 g/mol. The second kappa shape index (κ2) is 7.38. The fraction of sp³-hybridized carbons (Fsp3) is 1.00. The number of unbranched alkanes of at least 4 members (excludes halogenated alkanes) is 1. The Morgan fingerprint density at radius 2 is 2.06 bits per heavy atom. The molecule has 0 saturated carbocycles. The van der Waals surface area contributed by atoms with E-state index in [0.717, 1.165) is 5.92 Å². The minimum absolute atomic E-state index is 0.456. The van der Waals surface area contributed by atoms with Gasteiger partial charge in [-0.25, -0.2) is 0 Å². The van der Waals surface area contributed by atoms with Crippen LogP contribution in [0, 0.1) is 11.3 Å². The van der Waals surface area contributed by atoms with Crippen LogP contribution in [-0.2, 0) is 0 Å². The highest BCUT2D eigenvalue weighted by Crippen LogP contribution is 2.32. The molecule has 0 radical (unpaired) electrons. The average molecular weight is 240 g/mol. The van der Waals surface area contributed by atoms with E-state index in [-0.39, 0.29) is 0 Å². The zero-order valence-corrected chi connectivity index (χ0v) is 12.4. The Hall–Kier alpha value is -0.0800. The Kier molecular flexibility index (Phi) is 6.50. The molecule has 1 rings (SSSR count). The Labute approximate surface area is 108 Å². The molecule has 1 unspecified atom stereocenters. The molecule has 17 heavy (non-hydrogen) atoms. The van der Waals surface area contributed by atoms with Crippen LogP contribution in [0.4, 0.5) is 0 Å². The Balaban J connectivity index is 2.44. The van der Waals surface area contributed by atoms with Gasteiger partial charge in [0.1, 0.15) is 0 Å². The fourth-order valence-electron chi connectivity index (χ4n) is 2.95. The van der Waals surface area contributed by atoms with Crippen LogP contribution in [0.1, 0.15) is 53.4 Å². The van der Waals surface area contributed by atoms with E-state index in [1.54, 1.807) is 0 Å². The maximum atomic E-state index is 3.56. The molecule has 1 fully saturated rings. The number of hydrogen-bond acceptors (Lipinski definition) is 2. The molecule has 1 aliphatic rings. The molecule has 1 atom stereocenters. The van der Waals surface area contributed by atoms with Gasteiger partial charge in [0.15, 0.2) is 0 Å².